The van der Waals surface area contributed by atoms with E-state index in [1.54, 1.807) is 51.1 Å². The molecule has 2 aliphatic rings. The molecule has 2 heterocycles. The highest BCUT2D eigenvalue weighted by Crippen LogP contribution is 2.34. The highest BCUT2D eigenvalue weighted by atomic mass is 16.7. The van der Waals surface area contributed by atoms with Crippen LogP contribution in [0.1, 0.15) is 51.6 Å². The topological polar surface area (TPSA) is 91.4 Å². The summed E-state index contributed by atoms with van der Waals surface area (Å²) in [5.74, 6) is -0.854. The lowest BCUT2D eigenvalue weighted by molar-refractivity contribution is -0.215. The van der Waals surface area contributed by atoms with E-state index in [0.717, 1.165) is 17.7 Å². The van der Waals surface area contributed by atoms with Crippen molar-refractivity contribution in [2.45, 2.75) is 64.1 Å². The van der Waals surface area contributed by atoms with E-state index < -0.39 is 42.2 Å². The fourth-order valence-electron chi connectivity index (χ4n) is 3.16. The predicted octanol–water partition coefficient (Wildman–Crippen LogP) is 3.55. The van der Waals surface area contributed by atoms with Crippen LogP contribution in [-0.2, 0) is 23.7 Å². The van der Waals surface area contributed by atoms with Gasteiger partial charge in [-0.1, -0.05) is 30.3 Å². The summed E-state index contributed by atoms with van der Waals surface area (Å²) >= 11 is 0. The minimum atomic E-state index is -1.21. The number of carbonyl (C=O) groups is 3. The number of hydrogen-bond acceptors (Lipinski definition) is 7. The summed E-state index contributed by atoms with van der Waals surface area (Å²) in [6.07, 6.45) is -1.38. The van der Waals surface area contributed by atoms with E-state index in [0.29, 0.717) is 18.6 Å². The van der Waals surface area contributed by atoms with Crippen LogP contribution in [0.5, 0.6) is 0 Å². The smallest absolute Gasteiger partial charge is 0.427 e. The maximum absolute atomic E-state index is 12.8. The third-order valence-corrected chi connectivity index (χ3v) is 4.35. The average molecular weight is 391 g/mol. The van der Waals surface area contributed by atoms with Crippen molar-refractivity contribution < 1.29 is 33.3 Å². The molecule has 0 aliphatic carbocycles. The van der Waals surface area contributed by atoms with Gasteiger partial charge in [-0.3, -0.25) is 0 Å². The zero-order valence-corrected chi connectivity index (χ0v) is 16.3. The molecule has 0 radical (unpaired) electrons. The Morgan fingerprint density at radius 1 is 1.14 bits per heavy atom. The molecule has 2 saturated heterocycles. The van der Waals surface area contributed by atoms with Gasteiger partial charge in [0, 0.05) is 6.61 Å². The first kappa shape index (κ1) is 20.3. The van der Waals surface area contributed by atoms with Gasteiger partial charge in [-0.15, -0.1) is 0 Å². The molecule has 3 atom stereocenters. The Bertz CT molecular complexity index is 722. The van der Waals surface area contributed by atoms with E-state index >= 15 is 0 Å². The monoisotopic (exact) mass is 391 g/mol. The summed E-state index contributed by atoms with van der Waals surface area (Å²) in [5, 5.41) is 0. The van der Waals surface area contributed by atoms with Crippen LogP contribution in [0.25, 0.3) is 0 Å². The number of imide groups is 1. The molecule has 152 valence electrons. The number of cyclic esters (lactones) is 2. The molecule has 0 aromatic heterocycles. The number of nitrogens with zero attached hydrogens (tertiary/aromatic N) is 1. The second-order valence-electron chi connectivity index (χ2n) is 7.75. The minimum absolute atomic E-state index is 0.525. The van der Waals surface area contributed by atoms with Gasteiger partial charge in [0.05, 0.1) is 0 Å². The van der Waals surface area contributed by atoms with Gasteiger partial charge >= 0.3 is 18.2 Å². The molecule has 1 unspecified atom stereocenters. The first-order valence-electron chi connectivity index (χ1n) is 9.36. The SMILES string of the molecule is CC(C)(C)OC(=O)N1C(=O)OC(=O)[C@H](OC2CCCCO2)[C@@H]1c1ccccc1. The number of esters is 1. The van der Waals surface area contributed by atoms with Crippen LogP contribution in [0.15, 0.2) is 30.3 Å². The molecule has 1 aromatic rings. The number of hydrogen-bond donors (Lipinski definition) is 0. The van der Waals surface area contributed by atoms with Gasteiger partial charge in [0.2, 0.25) is 0 Å². The highest BCUT2D eigenvalue weighted by molar-refractivity contribution is 5.98. The van der Waals surface area contributed by atoms with Crippen LogP contribution >= 0.6 is 0 Å². The number of ether oxygens (including phenoxy) is 4. The Labute approximate surface area is 163 Å². The normalized spacial score (nSPS) is 26.0. The van der Waals surface area contributed by atoms with Gasteiger partial charge in [0.15, 0.2) is 12.4 Å². The van der Waals surface area contributed by atoms with Gasteiger partial charge in [-0.2, -0.15) is 0 Å². The molecular formula is C20H25NO7. The maximum atomic E-state index is 12.8. The number of benzene rings is 1. The Hall–Kier alpha value is -2.45. The van der Waals surface area contributed by atoms with E-state index in [1.807, 2.05) is 0 Å². The van der Waals surface area contributed by atoms with Crippen LogP contribution in [0.4, 0.5) is 9.59 Å². The van der Waals surface area contributed by atoms with E-state index in [2.05, 4.69) is 0 Å². The standard InChI is InChI=1S/C20H25NO7/c1-20(2,3)28-19(24)21-15(13-9-5-4-6-10-13)16(17(22)27-18(21)23)26-14-11-7-8-12-25-14/h4-6,9-10,14-16H,7-8,11-12H2,1-3H3/t14?,15-,16+/m0/s1. The highest BCUT2D eigenvalue weighted by Gasteiger charge is 2.50. The van der Waals surface area contributed by atoms with Gasteiger partial charge in [-0.05, 0) is 45.6 Å². The molecule has 8 nitrogen and oxygen atoms in total. The van der Waals surface area contributed by atoms with Crippen molar-refractivity contribution in [2.75, 3.05) is 6.61 Å². The van der Waals surface area contributed by atoms with E-state index in [1.165, 1.54) is 0 Å². The Balaban J connectivity index is 1.95. The second-order valence-corrected chi connectivity index (χ2v) is 7.75. The third kappa shape index (κ3) is 4.69. The largest absolute Gasteiger partial charge is 0.443 e. The lowest BCUT2D eigenvalue weighted by Crippen LogP contribution is -2.56. The zero-order chi connectivity index (χ0) is 20.3. The molecule has 0 bridgehead atoms. The van der Waals surface area contributed by atoms with E-state index in [-0.39, 0.29) is 0 Å². The molecule has 1 aromatic carbocycles. The first-order chi connectivity index (χ1) is 13.3. The van der Waals surface area contributed by atoms with Crippen molar-refractivity contribution in [3.8, 4) is 0 Å². The van der Waals surface area contributed by atoms with Crippen molar-refractivity contribution in [1.82, 2.24) is 4.90 Å². The molecule has 0 spiro atoms. The Morgan fingerprint density at radius 2 is 1.86 bits per heavy atom. The third-order valence-electron chi connectivity index (χ3n) is 4.35. The maximum Gasteiger partial charge on any atom is 0.427 e. The predicted molar refractivity (Wildman–Crippen MR) is 97.2 cm³/mol. The number of rotatable bonds is 3. The van der Waals surface area contributed by atoms with Crippen molar-refractivity contribution in [2.24, 2.45) is 0 Å². The summed E-state index contributed by atoms with van der Waals surface area (Å²) in [7, 11) is 0. The molecule has 28 heavy (non-hydrogen) atoms. The summed E-state index contributed by atoms with van der Waals surface area (Å²) in [6, 6.07) is 7.71. The summed E-state index contributed by atoms with van der Waals surface area (Å²) in [6.45, 7) is 5.59. The Morgan fingerprint density at radius 3 is 2.46 bits per heavy atom. The molecule has 8 heteroatoms. The van der Waals surface area contributed by atoms with Crippen LogP contribution in [0, 0.1) is 0 Å². The van der Waals surface area contributed by atoms with Crippen LogP contribution in [0.3, 0.4) is 0 Å². The van der Waals surface area contributed by atoms with Crippen molar-refractivity contribution >= 4 is 18.2 Å². The van der Waals surface area contributed by atoms with Crippen LogP contribution in [-0.4, -0.2) is 47.7 Å². The fraction of sp³-hybridized carbons (Fsp3) is 0.550. The minimum Gasteiger partial charge on any atom is -0.443 e. The lowest BCUT2D eigenvalue weighted by atomic mass is 9.98. The summed E-state index contributed by atoms with van der Waals surface area (Å²) < 4.78 is 21.6. The second kappa shape index (κ2) is 8.28. The molecular weight excluding hydrogens is 366 g/mol. The van der Waals surface area contributed by atoms with Gasteiger partial charge in [0.25, 0.3) is 0 Å². The number of amides is 2. The fourth-order valence-corrected chi connectivity index (χ4v) is 3.16. The van der Waals surface area contributed by atoms with Crippen molar-refractivity contribution in [3.05, 3.63) is 35.9 Å². The molecule has 2 amide bonds. The van der Waals surface area contributed by atoms with Crippen LogP contribution in [0.2, 0.25) is 0 Å². The number of carbonyl (C=O) groups excluding carboxylic acids is 3. The summed E-state index contributed by atoms with van der Waals surface area (Å²) in [5.41, 5.74) is -0.276. The quantitative estimate of drug-likeness (QED) is 0.575. The molecule has 0 N–H and O–H groups in total. The molecule has 2 aliphatic heterocycles. The van der Waals surface area contributed by atoms with Crippen molar-refractivity contribution in [1.29, 1.82) is 0 Å². The van der Waals surface area contributed by atoms with Gasteiger partial charge in [0.1, 0.15) is 11.6 Å². The zero-order valence-electron chi connectivity index (χ0n) is 16.3. The average Bonchev–Trinajstić information content (AvgIpc) is 2.63. The van der Waals surface area contributed by atoms with Crippen molar-refractivity contribution in [3.63, 3.8) is 0 Å². The molecule has 3 rings (SSSR count). The van der Waals surface area contributed by atoms with Crippen LogP contribution < -0.4 is 0 Å². The first-order valence-corrected chi connectivity index (χ1v) is 9.36. The summed E-state index contributed by atoms with van der Waals surface area (Å²) in [4.78, 5) is 38.5. The van der Waals surface area contributed by atoms with E-state index in [4.69, 9.17) is 18.9 Å². The Kier molecular flexibility index (Phi) is 6.00. The van der Waals surface area contributed by atoms with Gasteiger partial charge in [-0.25, -0.2) is 19.3 Å². The molecule has 2 fully saturated rings. The van der Waals surface area contributed by atoms with E-state index in [9.17, 15) is 14.4 Å². The van der Waals surface area contributed by atoms with Gasteiger partial charge < -0.3 is 18.9 Å². The lowest BCUT2D eigenvalue weighted by Gasteiger charge is -2.39. The molecule has 0 saturated carbocycles.